The number of rotatable bonds is 2. The molecule has 0 N–H and O–H groups in total. The maximum atomic E-state index is 9.52. The summed E-state index contributed by atoms with van der Waals surface area (Å²) >= 11 is 1.64. The van der Waals surface area contributed by atoms with Crippen molar-refractivity contribution in [2.45, 2.75) is 19.3 Å². The first kappa shape index (κ1) is 10.5. The van der Waals surface area contributed by atoms with E-state index in [1.807, 2.05) is 11.7 Å². The summed E-state index contributed by atoms with van der Waals surface area (Å²) in [6, 6.07) is 10.9. The van der Waals surface area contributed by atoms with Crippen molar-refractivity contribution in [3.05, 3.63) is 52.0 Å². The third kappa shape index (κ3) is 1.85. The average molecular weight is 240 g/mol. The van der Waals surface area contributed by atoms with Crippen molar-refractivity contribution in [3.8, 4) is 6.07 Å². The van der Waals surface area contributed by atoms with Crippen LogP contribution in [-0.4, -0.2) is 4.98 Å². The number of thiazole rings is 1. The van der Waals surface area contributed by atoms with Crippen LogP contribution in [0.3, 0.4) is 0 Å². The molecule has 0 bridgehead atoms. The van der Waals surface area contributed by atoms with Crippen LogP contribution in [0, 0.1) is 16.7 Å². The average Bonchev–Trinajstić information content (AvgIpc) is 2.96. The van der Waals surface area contributed by atoms with E-state index in [9.17, 15) is 5.26 Å². The van der Waals surface area contributed by atoms with Gasteiger partial charge in [-0.25, -0.2) is 0 Å². The molecule has 84 valence electrons. The number of nitriles is 1. The van der Waals surface area contributed by atoms with Gasteiger partial charge in [0.05, 0.1) is 17.0 Å². The van der Waals surface area contributed by atoms with E-state index in [0.29, 0.717) is 0 Å². The minimum atomic E-state index is -0.254. The van der Waals surface area contributed by atoms with Crippen LogP contribution in [0.2, 0.25) is 0 Å². The Kier molecular flexibility index (Phi) is 2.45. The van der Waals surface area contributed by atoms with Gasteiger partial charge in [0.2, 0.25) is 0 Å². The van der Waals surface area contributed by atoms with Crippen molar-refractivity contribution in [2.24, 2.45) is 5.41 Å². The Balaban J connectivity index is 1.90. The van der Waals surface area contributed by atoms with Gasteiger partial charge in [-0.15, -0.1) is 11.3 Å². The molecule has 1 heterocycles. The summed E-state index contributed by atoms with van der Waals surface area (Å²) in [7, 11) is 0. The van der Waals surface area contributed by atoms with Crippen molar-refractivity contribution in [2.75, 3.05) is 0 Å². The van der Waals surface area contributed by atoms with Crippen LogP contribution in [0.5, 0.6) is 0 Å². The molecule has 0 radical (unpaired) electrons. The topological polar surface area (TPSA) is 36.7 Å². The van der Waals surface area contributed by atoms with Crippen molar-refractivity contribution >= 4 is 11.3 Å². The van der Waals surface area contributed by atoms with Crippen molar-refractivity contribution in [1.82, 2.24) is 4.98 Å². The highest BCUT2D eigenvalue weighted by molar-refractivity contribution is 7.09. The highest BCUT2D eigenvalue weighted by atomic mass is 32.1. The lowest BCUT2D eigenvalue weighted by molar-refractivity contribution is 0.421. The van der Waals surface area contributed by atoms with Gasteiger partial charge >= 0.3 is 0 Å². The quantitative estimate of drug-likeness (QED) is 0.809. The van der Waals surface area contributed by atoms with Gasteiger partial charge in [0.1, 0.15) is 0 Å². The fraction of sp³-hybridized carbons (Fsp3) is 0.286. The lowest BCUT2D eigenvalue weighted by atomic mass is 9.82. The number of aromatic nitrogens is 1. The van der Waals surface area contributed by atoms with E-state index in [-0.39, 0.29) is 5.41 Å². The van der Waals surface area contributed by atoms with Crippen molar-refractivity contribution in [3.63, 3.8) is 0 Å². The first-order valence-corrected chi connectivity index (χ1v) is 6.55. The Morgan fingerprint density at radius 3 is 2.53 bits per heavy atom. The number of hydrogen-bond acceptors (Lipinski definition) is 3. The van der Waals surface area contributed by atoms with Gasteiger partial charge < -0.3 is 0 Å². The molecule has 0 spiro atoms. The minimum Gasteiger partial charge on any atom is -0.253 e. The molecule has 3 heteroatoms. The lowest BCUT2D eigenvalue weighted by Gasteiger charge is -2.18. The standard InChI is InChI=1S/C14H12N2S/c15-9-14(7-13-8-16-10-17-13)5-11-3-1-2-4-12(11)6-14/h1-4,8,10H,5-7H2. The van der Waals surface area contributed by atoms with Crippen molar-refractivity contribution in [1.29, 1.82) is 5.26 Å². The largest absolute Gasteiger partial charge is 0.253 e. The van der Waals surface area contributed by atoms with E-state index in [1.54, 1.807) is 11.3 Å². The zero-order valence-electron chi connectivity index (χ0n) is 9.39. The van der Waals surface area contributed by atoms with E-state index in [1.165, 1.54) is 16.0 Å². The number of fused-ring (bicyclic) bond motifs is 1. The smallest absolute Gasteiger partial charge is 0.0794 e. The van der Waals surface area contributed by atoms with Gasteiger partial charge in [0.25, 0.3) is 0 Å². The Hall–Kier alpha value is -1.66. The molecule has 1 aromatic heterocycles. The summed E-state index contributed by atoms with van der Waals surface area (Å²) in [5, 5.41) is 9.52. The zero-order valence-corrected chi connectivity index (χ0v) is 10.2. The summed E-state index contributed by atoms with van der Waals surface area (Å²) in [5.74, 6) is 0. The second kappa shape index (κ2) is 3.97. The van der Waals surface area contributed by atoms with Gasteiger partial charge in [0, 0.05) is 17.5 Å². The molecule has 0 unspecified atom stereocenters. The van der Waals surface area contributed by atoms with Crippen LogP contribution in [0.1, 0.15) is 16.0 Å². The molecule has 2 nitrogen and oxygen atoms in total. The van der Waals surface area contributed by atoms with Gasteiger partial charge in [-0.2, -0.15) is 5.26 Å². The monoisotopic (exact) mass is 240 g/mol. The molecular weight excluding hydrogens is 228 g/mol. The van der Waals surface area contributed by atoms with Gasteiger partial charge in [0.15, 0.2) is 0 Å². The number of benzene rings is 1. The Morgan fingerprint density at radius 2 is 2.00 bits per heavy atom. The zero-order chi connectivity index (χ0) is 11.7. The highest BCUT2D eigenvalue weighted by Gasteiger charge is 2.37. The fourth-order valence-electron chi connectivity index (χ4n) is 2.60. The molecule has 17 heavy (non-hydrogen) atoms. The molecule has 0 saturated heterocycles. The minimum absolute atomic E-state index is 0.254. The summed E-state index contributed by atoms with van der Waals surface area (Å²) in [6.07, 6.45) is 4.45. The maximum absolute atomic E-state index is 9.52. The number of nitrogens with zero attached hydrogens (tertiary/aromatic N) is 2. The molecule has 0 aliphatic heterocycles. The van der Waals surface area contributed by atoms with Gasteiger partial charge in [-0.05, 0) is 24.0 Å². The second-order valence-electron chi connectivity index (χ2n) is 4.66. The SMILES string of the molecule is N#CC1(Cc2cncs2)Cc2ccccc2C1. The van der Waals surface area contributed by atoms with Crippen LogP contribution in [0.25, 0.3) is 0 Å². The molecule has 3 rings (SSSR count). The number of hydrogen-bond donors (Lipinski definition) is 0. The first-order valence-electron chi connectivity index (χ1n) is 5.67. The lowest BCUT2D eigenvalue weighted by Crippen LogP contribution is -2.21. The Bertz CT molecular complexity index is 536. The third-order valence-corrected chi connectivity index (χ3v) is 4.19. The summed E-state index contributed by atoms with van der Waals surface area (Å²) in [5.41, 5.74) is 4.25. The molecule has 0 fully saturated rings. The summed E-state index contributed by atoms with van der Waals surface area (Å²) < 4.78 is 0. The van der Waals surface area contributed by atoms with Crippen LogP contribution >= 0.6 is 11.3 Å². The predicted molar refractivity (Wildman–Crippen MR) is 67.7 cm³/mol. The molecule has 1 aliphatic rings. The Labute approximate surface area is 105 Å². The first-order chi connectivity index (χ1) is 8.31. The normalized spacial score (nSPS) is 16.4. The van der Waals surface area contributed by atoms with Crippen LogP contribution in [0.15, 0.2) is 36.0 Å². The summed E-state index contributed by atoms with van der Waals surface area (Å²) in [6.45, 7) is 0. The van der Waals surface area contributed by atoms with E-state index < -0.39 is 0 Å². The van der Waals surface area contributed by atoms with Crippen LogP contribution in [-0.2, 0) is 19.3 Å². The molecule has 1 aromatic carbocycles. The molecule has 1 aliphatic carbocycles. The van der Waals surface area contributed by atoms with Crippen LogP contribution < -0.4 is 0 Å². The molecule has 2 aromatic rings. The fourth-order valence-corrected chi connectivity index (χ4v) is 3.34. The maximum Gasteiger partial charge on any atom is 0.0794 e. The van der Waals surface area contributed by atoms with Gasteiger partial charge in [-0.1, -0.05) is 24.3 Å². The van der Waals surface area contributed by atoms with E-state index >= 15 is 0 Å². The van der Waals surface area contributed by atoms with E-state index in [4.69, 9.17) is 0 Å². The molecule has 0 saturated carbocycles. The molecule has 0 atom stereocenters. The second-order valence-corrected chi connectivity index (χ2v) is 5.63. The third-order valence-electron chi connectivity index (χ3n) is 3.41. The van der Waals surface area contributed by atoms with E-state index in [0.717, 1.165) is 19.3 Å². The molecular formula is C14H12N2S. The summed E-state index contributed by atoms with van der Waals surface area (Å²) in [4.78, 5) is 5.30. The highest BCUT2D eigenvalue weighted by Crippen LogP contribution is 2.39. The Morgan fingerprint density at radius 1 is 1.29 bits per heavy atom. The van der Waals surface area contributed by atoms with Crippen LogP contribution in [0.4, 0.5) is 0 Å². The molecule has 0 amide bonds. The van der Waals surface area contributed by atoms with Gasteiger partial charge in [-0.3, -0.25) is 4.98 Å². The predicted octanol–water partition coefficient (Wildman–Crippen LogP) is 2.99. The van der Waals surface area contributed by atoms with Crippen molar-refractivity contribution < 1.29 is 0 Å². The van der Waals surface area contributed by atoms with E-state index in [2.05, 4.69) is 35.3 Å².